The summed E-state index contributed by atoms with van der Waals surface area (Å²) in [7, 11) is -1.80. The maximum Gasteiger partial charge on any atom is 0.251 e. The molecular formula is C20H24N2O4S. The number of methoxy groups -OCH3 is 1. The summed E-state index contributed by atoms with van der Waals surface area (Å²) in [4.78, 5) is 12.5. The van der Waals surface area contributed by atoms with Crippen molar-refractivity contribution in [2.75, 3.05) is 26.7 Å². The SMILES string of the molecule is COc1ccc(C(=O)NCCc2ccc(S(=O)(=O)N3CCCC3)cc2)cc1. The van der Waals surface area contributed by atoms with Gasteiger partial charge in [-0.25, -0.2) is 8.42 Å². The molecule has 2 aromatic carbocycles. The van der Waals surface area contributed by atoms with Crippen molar-refractivity contribution >= 4 is 15.9 Å². The standard InChI is InChI=1S/C20H24N2O4S/c1-26-18-8-6-17(7-9-18)20(23)21-13-12-16-4-10-19(11-5-16)27(24,25)22-14-2-3-15-22/h4-11H,2-3,12-15H2,1H3,(H,21,23). The van der Waals surface area contributed by atoms with Gasteiger partial charge in [-0.1, -0.05) is 12.1 Å². The molecule has 0 aromatic heterocycles. The predicted molar refractivity (Wildman–Crippen MR) is 103 cm³/mol. The molecule has 1 aliphatic rings. The molecule has 1 amide bonds. The molecular weight excluding hydrogens is 364 g/mol. The second kappa shape index (κ2) is 8.54. The Morgan fingerprint density at radius 3 is 2.26 bits per heavy atom. The van der Waals surface area contributed by atoms with E-state index in [0.717, 1.165) is 18.4 Å². The molecule has 27 heavy (non-hydrogen) atoms. The number of amides is 1. The van der Waals surface area contributed by atoms with Crippen LogP contribution in [0, 0.1) is 0 Å². The molecule has 2 aromatic rings. The van der Waals surface area contributed by atoms with Gasteiger partial charge in [0.25, 0.3) is 5.91 Å². The van der Waals surface area contributed by atoms with Gasteiger partial charge in [-0.2, -0.15) is 4.31 Å². The molecule has 0 unspecified atom stereocenters. The van der Waals surface area contributed by atoms with E-state index in [2.05, 4.69) is 5.32 Å². The van der Waals surface area contributed by atoms with Crippen molar-refractivity contribution in [1.82, 2.24) is 9.62 Å². The highest BCUT2D eigenvalue weighted by atomic mass is 32.2. The molecule has 1 heterocycles. The van der Waals surface area contributed by atoms with Gasteiger partial charge in [0, 0.05) is 25.2 Å². The quantitative estimate of drug-likeness (QED) is 0.791. The summed E-state index contributed by atoms with van der Waals surface area (Å²) in [5.41, 5.74) is 1.55. The Morgan fingerprint density at radius 1 is 1.04 bits per heavy atom. The van der Waals surface area contributed by atoms with Crippen LogP contribution in [0.15, 0.2) is 53.4 Å². The van der Waals surface area contributed by atoms with Gasteiger partial charge < -0.3 is 10.1 Å². The van der Waals surface area contributed by atoms with E-state index in [1.165, 1.54) is 4.31 Å². The maximum atomic E-state index is 12.5. The number of nitrogens with zero attached hydrogens (tertiary/aromatic N) is 1. The minimum absolute atomic E-state index is 0.147. The van der Waals surface area contributed by atoms with Crippen molar-refractivity contribution < 1.29 is 17.9 Å². The Morgan fingerprint density at radius 2 is 1.67 bits per heavy atom. The zero-order chi connectivity index (χ0) is 19.3. The highest BCUT2D eigenvalue weighted by Crippen LogP contribution is 2.21. The van der Waals surface area contributed by atoms with Crippen LogP contribution in [0.2, 0.25) is 0 Å². The highest BCUT2D eigenvalue weighted by Gasteiger charge is 2.26. The molecule has 6 nitrogen and oxygen atoms in total. The summed E-state index contributed by atoms with van der Waals surface area (Å²) in [6.45, 7) is 1.67. The number of hydrogen-bond acceptors (Lipinski definition) is 4. The number of nitrogens with one attached hydrogen (secondary N) is 1. The number of hydrogen-bond donors (Lipinski definition) is 1. The van der Waals surface area contributed by atoms with Gasteiger partial charge in [-0.15, -0.1) is 0 Å². The lowest BCUT2D eigenvalue weighted by Crippen LogP contribution is -2.28. The summed E-state index contributed by atoms with van der Waals surface area (Å²) in [5, 5.41) is 2.87. The number of ether oxygens (including phenoxy) is 1. The van der Waals surface area contributed by atoms with Crippen molar-refractivity contribution in [3.8, 4) is 5.75 Å². The molecule has 1 saturated heterocycles. The predicted octanol–water partition coefficient (Wildman–Crippen LogP) is 2.45. The van der Waals surface area contributed by atoms with E-state index in [9.17, 15) is 13.2 Å². The van der Waals surface area contributed by atoms with Crippen LogP contribution in [0.25, 0.3) is 0 Å². The first-order valence-electron chi connectivity index (χ1n) is 9.02. The van der Waals surface area contributed by atoms with Crippen molar-refractivity contribution in [1.29, 1.82) is 0 Å². The molecule has 1 N–H and O–H groups in total. The van der Waals surface area contributed by atoms with Crippen LogP contribution in [0.5, 0.6) is 5.75 Å². The number of sulfonamides is 1. The van der Waals surface area contributed by atoms with E-state index in [1.54, 1.807) is 43.5 Å². The largest absolute Gasteiger partial charge is 0.497 e. The molecule has 7 heteroatoms. The zero-order valence-electron chi connectivity index (χ0n) is 15.3. The highest BCUT2D eigenvalue weighted by molar-refractivity contribution is 7.89. The van der Waals surface area contributed by atoms with Crippen LogP contribution in [0.1, 0.15) is 28.8 Å². The average molecular weight is 388 g/mol. The van der Waals surface area contributed by atoms with E-state index in [-0.39, 0.29) is 5.91 Å². The lowest BCUT2D eigenvalue weighted by molar-refractivity contribution is 0.0954. The monoisotopic (exact) mass is 388 g/mol. The third-order valence-electron chi connectivity index (χ3n) is 4.68. The Balaban J connectivity index is 1.53. The maximum absolute atomic E-state index is 12.5. The van der Waals surface area contributed by atoms with Crippen LogP contribution in [-0.2, 0) is 16.4 Å². The normalized spacial score (nSPS) is 14.9. The van der Waals surface area contributed by atoms with Crippen LogP contribution in [-0.4, -0.2) is 45.4 Å². The molecule has 1 aliphatic heterocycles. The van der Waals surface area contributed by atoms with Crippen molar-refractivity contribution in [2.45, 2.75) is 24.2 Å². The first-order chi connectivity index (χ1) is 13.0. The summed E-state index contributed by atoms with van der Waals surface area (Å²) in [6, 6.07) is 13.8. The van der Waals surface area contributed by atoms with Gasteiger partial charge in [0.1, 0.15) is 5.75 Å². The topological polar surface area (TPSA) is 75.7 Å². The molecule has 0 radical (unpaired) electrons. The van der Waals surface area contributed by atoms with E-state index in [4.69, 9.17) is 4.74 Å². The Labute approximate surface area is 160 Å². The van der Waals surface area contributed by atoms with Gasteiger partial charge in [-0.3, -0.25) is 4.79 Å². The van der Waals surface area contributed by atoms with Gasteiger partial charge in [-0.05, 0) is 61.2 Å². The van der Waals surface area contributed by atoms with Crippen molar-refractivity contribution in [3.63, 3.8) is 0 Å². The molecule has 0 bridgehead atoms. The van der Waals surface area contributed by atoms with Gasteiger partial charge in [0.2, 0.25) is 10.0 Å². The fourth-order valence-corrected chi connectivity index (χ4v) is 4.59. The fourth-order valence-electron chi connectivity index (χ4n) is 3.07. The fraction of sp³-hybridized carbons (Fsp3) is 0.350. The number of benzene rings is 2. The van der Waals surface area contributed by atoms with Crippen LogP contribution in [0.3, 0.4) is 0 Å². The first-order valence-corrected chi connectivity index (χ1v) is 10.5. The third-order valence-corrected chi connectivity index (χ3v) is 6.59. The van der Waals surface area contributed by atoms with Gasteiger partial charge in [0.05, 0.1) is 12.0 Å². The van der Waals surface area contributed by atoms with Gasteiger partial charge >= 0.3 is 0 Å². The lowest BCUT2D eigenvalue weighted by Gasteiger charge is -2.15. The Hall–Kier alpha value is -2.38. The van der Waals surface area contributed by atoms with E-state index >= 15 is 0 Å². The second-order valence-electron chi connectivity index (χ2n) is 6.49. The lowest BCUT2D eigenvalue weighted by atomic mass is 10.1. The van der Waals surface area contributed by atoms with Crippen LogP contribution < -0.4 is 10.1 Å². The second-order valence-corrected chi connectivity index (χ2v) is 8.43. The van der Waals surface area contributed by atoms with Crippen molar-refractivity contribution in [3.05, 3.63) is 59.7 Å². The Kier molecular flexibility index (Phi) is 6.13. The smallest absolute Gasteiger partial charge is 0.251 e. The number of rotatable bonds is 7. The Bertz CT molecular complexity index is 871. The summed E-state index contributed by atoms with van der Waals surface area (Å²) >= 11 is 0. The average Bonchev–Trinajstić information content (AvgIpc) is 3.24. The van der Waals surface area contributed by atoms with Crippen LogP contribution >= 0.6 is 0 Å². The van der Waals surface area contributed by atoms with E-state index < -0.39 is 10.0 Å². The van der Waals surface area contributed by atoms with Gasteiger partial charge in [0.15, 0.2) is 0 Å². The molecule has 0 atom stereocenters. The molecule has 1 fully saturated rings. The van der Waals surface area contributed by atoms with E-state index in [0.29, 0.717) is 42.3 Å². The third kappa shape index (κ3) is 4.67. The molecule has 0 spiro atoms. The number of carbonyl (C=O) groups excluding carboxylic acids is 1. The van der Waals surface area contributed by atoms with Crippen LogP contribution in [0.4, 0.5) is 0 Å². The molecule has 0 saturated carbocycles. The van der Waals surface area contributed by atoms with E-state index in [1.807, 2.05) is 12.1 Å². The molecule has 3 rings (SSSR count). The number of carbonyl (C=O) groups is 1. The molecule has 0 aliphatic carbocycles. The summed E-state index contributed by atoms with van der Waals surface area (Å²) in [6.07, 6.45) is 2.47. The summed E-state index contributed by atoms with van der Waals surface area (Å²) < 4.78 is 31.6. The first kappa shape index (κ1) is 19.4. The van der Waals surface area contributed by atoms with Crippen molar-refractivity contribution in [2.24, 2.45) is 0 Å². The molecule has 144 valence electrons. The minimum Gasteiger partial charge on any atom is -0.497 e. The zero-order valence-corrected chi connectivity index (χ0v) is 16.2. The minimum atomic E-state index is -3.38. The summed E-state index contributed by atoms with van der Waals surface area (Å²) in [5.74, 6) is 0.557.